The number of nitrogens with two attached hydrogens (primary N) is 1. The predicted octanol–water partition coefficient (Wildman–Crippen LogP) is 2.83. The average molecular weight is 234 g/mol. The fourth-order valence-electron chi connectivity index (χ4n) is 1.36. The minimum absolute atomic E-state index is 0. The van der Waals surface area contributed by atoms with Crippen LogP contribution in [-0.2, 0) is 6.42 Å². The van der Waals surface area contributed by atoms with E-state index in [1.165, 1.54) is 16.7 Å². The van der Waals surface area contributed by atoms with Gasteiger partial charge < -0.3 is 5.73 Å². The summed E-state index contributed by atoms with van der Waals surface area (Å²) in [5, 5.41) is 0. The fourth-order valence-corrected chi connectivity index (χ4v) is 1.47. The molecule has 1 aromatic carbocycles. The molecule has 1 rings (SSSR count). The van der Waals surface area contributed by atoms with Crippen molar-refractivity contribution in [1.82, 2.24) is 0 Å². The van der Waals surface area contributed by atoms with Crippen molar-refractivity contribution in [2.75, 3.05) is 5.88 Å². The number of benzene rings is 1. The molecule has 0 radical (unpaired) electrons. The summed E-state index contributed by atoms with van der Waals surface area (Å²) in [7, 11) is 0. The first-order chi connectivity index (χ1) is 6.13. The molecule has 0 saturated heterocycles. The Hall–Kier alpha value is -0.240. The van der Waals surface area contributed by atoms with Gasteiger partial charge in [-0.1, -0.05) is 23.8 Å². The molecule has 1 aromatic rings. The van der Waals surface area contributed by atoms with Crippen molar-refractivity contribution in [2.45, 2.75) is 26.3 Å². The summed E-state index contributed by atoms with van der Waals surface area (Å²) in [4.78, 5) is 0. The van der Waals surface area contributed by atoms with Gasteiger partial charge in [0.2, 0.25) is 0 Å². The van der Waals surface area contributed by atoms with E-state index in [1.54, 1.807) is 0 Å². The molecule has 0 saturated carbocycles. The molecule has 1 unspecified atom stereocenters. The second-order valence-corrected chi connectivity index (χ2v) is 3.86. The van der Waals surface area contributed by atoms with E-state index in [2.05, 4.69) is 32.0 Å². The van der Waals surface area contributed by atoms with Crippen molar-refractivity contribution in [3.63, 3.8) is 0 Å². The third-order valence-electron chi connectivity index (χ3n) is 2.18. The molecule has 1 atom stereocenters. The number of hydrogen-bond acceptors (Lipinski definition) is 1. The van der Waals surface area contributed by atoms with E-state index < -0.39 is 0 Å². The van der Waals surface area contributed by atoms with E-state index in [9.17, 15) is 0 Å². The fraction of sp³-hybridized carbons (Fsp3) is 0.455. The molecule has 0 aromatic heterocycles. The van der Waals surface area contributed by atoms with Crippen LogP contribution in [0, 0.1) is 13.8 Å². The smallest absolute Gasteiger partial charge is 0.0378 e. The van der Waals surface area contributed by atoms with Gasteiger partial charge in [0.15, 0.2) is 0 Å². The van der Waals surface area contributed by atoms with Crippen molar-refractivity contribution < 1.29 is 0 Å². The van der Waals surface area contributed by atoms with Crippen LogP contribution >= 0.6 is 24.0 Å². The molecule has 0 fully saturated rings. The molecule has 3 heteroatoms. The lowest BCUT2D eigenvalue weighted by molar-refractivity contribution is 0.741. The second kappa shape index (κ2) is 6.28. The van der Waals surface area contributed by atoms with E-state index >= 15 is 0 Å². The minimum Gasteiger partial charge on any atom is -0.326 e. The Kier molecular flexibility index (Phi) is 6.17. The van der Waals surface area contributed by atoms with Crippen LogP contribution in [0.15, 0.2) is 18.2 Å². The number of rotatable bonds is 3. The van der Waals surface area contributed by atoms with Gasteiger partial charge in [-0.15, -0.1) is 24.0 Å². The Balaban J connectivity index is 0.00000169. The highest BCUT2D eigenvalue weighted by Gasteiger charge is 2.04. The predicted molar refractivity (Wildman–Crippen MR) is 65.6 cm³/mol. The average Bonchev–Trinajstić information content (AvgIpc) is 2.11. The van der Waals surface area contributed by atoms with Crippen molar-refractivity contribution in [3.05, 3.63) is 34.9 Å². The Morgan fingerprint density at radius 3 is 2.57 bits per heavy atom. The first kappa shape index (κ1) is 13.8. The molecule has 2 N–H and O–H groups in total. The van der Waals surface area contributed by atoms with Gasteiger partial charge in [0.25, 0.3) is 0 Å². The van der Waals surface area contributed by atoms with Crippen LogP contribution in [0.25, 0.3) is 0 Å². The van der Waals surface area contributed by atoms with E-state index in [1.807, 2.05) is 0 Å². The van der Waals surface area contributed by atoms with Crippen LogP contribution in [0.1, 0.15) is 16.7 Å². The van der Waals surface area contributed by atoms with Gasteiger partial charge in [-0.05, 0) is 31.4 Å². The third-order valence-corrected chi connectivity index (χ3v) is 2.58. The molecular weight excluding hydrogens is 217 g/mol. The topological polar surface area (TPSA) is 26.0 Å². The normalized spacial score (nSPS) is 12.0. The van der Waals surface area contributed by atoms with Gasteiger partial charge in [0.1, 0.15) is 0 Å². The molecule has 0 aliphatic heterocycles. The van der Waals surface area contributed by atoms with E-state index in [0.717, 1.165) is 6.42 Å². The first-order valence-electron chi connectivity index (χ1n) is 4.51. The Morgan fingerprint density at radius 1 is 1.36 bits per heavy atom. The number of halogens is 2. The third kappa shape index (κ3) is 3.87. The SMILES string of the molecule is Cc1ccc(C)c(CC(N)CCl)c1.Cl. The van der Waals surface area contributed by atoms with Gasteiger partial charge in [-0.25, -0.2) is 0 Å². The Labute approximate surface area is 97.1 Å². The van der Waals surface area contributed by atoms with Crippen LogP contribution in [0.2, 0.25) is 0 Å². The highest BCUT2D eigenvalue weighted by atomic mass is 35.5. The molecule has 0 aliphatic carbocycles. The summed E-state index contributed by atoms with van der Waals surface area (Å²) in [6, 6.07) is 6.50. The maximum Gasteiger partial charge on any atom is 0.0378 e. The summed E-state index contributed by atoms with van der Waals surface area (Å²) >= 11 is 5.67. The number of hydrogen-bond donors (Lipinski definition) is 1. The number of aryl methyl sites for hydroxylation is 2. The van der Waals surface area contributed by atoms with Crippen molar-refractivity contribution in [2.24, 2.45) is 5.73 Å². The van der Waals surface area contributed by atoms with Gasteiger partial charge in [-0.3, -0.25) is 0 Å². The van der Waals surface area contributed by atoms with Crippen molar-refractivity contribution in [3.8, 4) is 0 Å². The van der Waals surface area contributed by atoms with Crippen LogP contribution < -0.4 is 5.73 Å². The lowest BCUT2D eigenvalue weighted by Gasteiger charge is -2.10. The highest BCUT2D eigenvalue weighted by molar-refractivity contribution is 6.18. The molecule has 0 heterocycles. The summed E-state index contributed by atoms with van der Waals surface area (Å²) in [5.74, 6) is 0.521. The lowest BCUT2D eigenvalue weighted by Crippen LogP contribution is -2.24. The maximum absolute atomic E-state index is 5.79. The first-order valence-corrected chi connectivity index (χ1v) is 5.04. The van der Waals surface area contributed by atoms with Crippen LogP contribution in [0.5, 0.6) is 0 Å². The summed E-state index contributed by atoms with van der Waals surface area (Å²) in [6.45, 7) is 4.20. The molecule has 14 heavy (non-hydrogen) atoms. The molecular formula is C11H17Cl2N. The van der Waals surface area contributed by atoms with E-state index in [4.69, 9.17) is 17.3 Å². The van der Waals surface area contributed by atoms with Crippen molar-refractivity contribution in [1.29, 1.82) is 0 Å². The van der Waals surface area contributed by atoms with Gasteiger partial charge >= 0.3 is 0 Å². The van der Waals surface area contributed by atoms with Gasteiger partial charge in [0.05, 0.1) is 0 Å². The molecule has 0 spiro atoms. The highest BCUT2D eigenvalue weighted by Crippen LogP contribution is 2.12. The maximum atomic E-state index is 5.79. The van der Waals surface area contributed by atoms with Gasteiger partial charge in [-0.2, -0.15) is 0 Å². The molecule has 0 bridgehead atoms. The Bertz CT molecular complexity index is 287. The Morgan fingerprint density at radius 2 is 2.00 bits per heavy atom. The van der Waals surface area contributed by atoms with Crippen LogP contribution in [-0.4, -0.2) is 11.9 Å². The molecule has 0 aliphatic rings. The van der Waals surface area contributed by atoms with E-state index in [0.29, 0.717) is 5.88 Å². The zero-order valence-corrected chi connectivity index (χ0v) is 10.2. The standard InChI is InChI=1S/C11H16ClN.ClH/c1-8-3-4-9(2)10(5-8)6-11(13)7-12;/h3-5,11H,6-7,13H2,1-2H3;1H. The lowest BCUT2D eigenvalue weighted by atomic mass is 10.00. The molecule has 1 nitrogen and oxygen atoms in total. The quantitative estimate of drug-likeness (QED) is 0.799. The van der Waals surface area contributed by atoms with Crippen molar-refractivity contribution >= 4 is 24.0 Å². The van der Waals surface area contributed by atoms with E-state index in [-0.39, 0.29) is 18.4 Å². The summed E-state index contributed by atoms with van der Waals surface area (Å²) in [5.41, 5.74) is 9.68. The molecule has 80 valence electrons. The van der Waals surface area contributed by atoms with Crippen LogP contribution in [0.3, 0.4) is 0 Å². The van der Waals surface area contributed by atoms with Gasteiger partial charge in [0, 0.05) is 11.9 Å². The van der Waals surface area contributed by atoms with Crippen LogP contribution in [0.4, 0.5) is 0 Å². The second-order valence-electron chi connectivity index (χ2n) is 3.55. The largest absolute Gasteiger partial charge is 0.326 e. The zero-order chi connectivity index (χ0) is 9.84. The summed E-state index contributed by atoms with van der Waals surface area (Å²) in [6.07, 6.45) is 0.872. The minimum atomic E-state index is 0. The zero-order valence-electron chi connectivity index (χ0n) is 8.59. The number of alkyl halides is 1. The summed E-state index contributed by atoms with van der Waals surface area (Å²) < 4.78 is 0. The monoisotopic (exact) mass is 233 g/mol. The molecule has 0 amide bonds.